The van der Waals surface area contributed by atoms with E-state index in [2.05, 4.69) is 36.6 Å². The van der Waals surface area contributed by atoms with Crippen molar-refractivity contribution in [2.75, 3.05) is 19.6 Å². The van der Waals surface area contributed by atoms with Gasteiger partial charge in [-0.05, 0) is 32.6 Å². The Labute approximate surface area is 168 Å². The van der Waals surface area contributed by atoms with Gasteiger partial charge in [-0.15, -0.1) is 0 Å². The number of rotatable bonds is 13. The summed E-state index contributed by atoms with van der Waals surface area (Å²) in [6.07, 6.45) is 20.1. The third-order valence-corrected chi connectivity index (χ3v) is 5.23. The van der Waals surface area contributed by atoms with Crippen LogP contribution in [0, 0.1) is 0 Å². The van der Waals surface area contributed by atoms with Crippen molar-refractivity contribution >= 4 is 0 Å². The summed E-state index contributed by atoms with van der Waals surface area (Å²) in [7, 11) is 0. The van der Waals surface area contributed by atoms with E-state index in [0.717, 1.165) is 50.0 Å². The summed E-state index contributed by atoms with van der Waals surface area (Å²) in [5, 5.41) is 0. The van der Waals surface area contributed by atoms with Crippen LogP contribution in [-0.2, 0) is 0 Å². The molecule has 0 saturated heterocycles. The molecule has 1 rings (SSSR count). The minimum absolute atomic E-state index is 0.690. The van der Waals surface area contributed by atoms with Gasteiger partial charge in [0.2, 0.25) is 0 Å². The van der Waals surface area contributed by atoms with Crippen molar-refractivity contribution in [3.8, 4) is 0 Å². The molecule has 0 amide bonds. The monoisotopic (exact) mass is 373 g/mol. The molecule has 0 aromatic heterocycles. The number of hydrogen-bond donors (Lipinski definition) is 2. The van der Waals surface area contributed by atoms with E-state index < -0.39 is 0 Å². The largest absolute Gasteiger partial charge is 0.400 e. The molecule has 1 aliphatic carbocycles. The lowest BCUT2D eigenvalue weighted by Crippen LogP contribution is -2.32. The Hall–Kier alpha value is -1.48. The molecule has 0 aromatic rings. The number of unbranched alkanes of at least 4 members (excludes halogenated alkanes) is 6. The molecule has 3 heteroatoms. The molecule has 0 aliphatic heterocycles. The van der Waals surface area contributed by atoms with Crippen molar-refractivity contribution in [3.63, 3.8) is 0 Å². The highest BCUT2D eigenvalue weighted by Gasteiger charge is 2.14. The van der Waals surface area contributed by atoms with Gasteiger partial charge in [-0.1, -0.05) is 81.4 Å². The molecule has 0 spiro atoms. The maximum absolute atomic E-state index is 6.49. The molecule has 3 nitrogen and oxygen atoms in total. The van der Waals surface area contributed by atoms with Gasteiger partial charge in [0.1, 0.15) is 0 Å². The summed E-state index contributed by atoms with van der Waals surface area (Å²) < 4.78 is 0. The lowest BCUT2D eigenvalue weighted by molar-refractivity contribution is 0.322. The Morgan fingerprint density at radius 2 is 1.81 bits per heavy atom. The molecule has 0 unspecified atom stereocenters. The van der Waals surface area contributed by atoms with E-state index in [0.29, 0.717) is 6.54 Å². The first-order valence-corrected chi connectivity index (χ1v) is 11.0. The van der Waals surface area contributed by atoms with Gasteiger partial charge in [0.05, 0.1) is 0 Å². The first kappa shape index (κ1) is 23.6. The molecule has 1 aliphatic rings. The highest BCUT2D eigenvalue weighted by atomic mass is 15.1. The molecule has 0 fully saturated rings. The van der Waals surface area contributed by atoms with Crippen LogP contribution < -0.4 is 11.5 Å². The van der Waals surface area contributed by atoms with Gasteiger partial charge >= 0.3 is 0 Å². The summed E-state index contributed by atoms with van der Waals surface area (Å²) in [5.74, 6) is 0. The molecule has 0 aromatic carbocycles. The summed E-state index contributed by atoms with van der Waals surface area (Å²) in [6, 6.07) is 0. The van der Waals surface area contributed by atoms with Gasteiger partial charge in [-0.2, -0.15) is 0 Å². The van der Waals surface area contributed by atoms with E-state index in [1.165, 1.54) is 56.2 Å². The lowest BCUT2D eigenvalue weighted by atomic mass is 9.99. The highest BCUT2D eigenvalue weighted by molar-refractivity contribution is 5.28. The normalized spacial score (nSPS) is 20.2. The zero-order valence-electron chi connectivity index (χ0n) is 17.9. The molecule has 0 heterocycles. The maximum Gasteiger partial charge on any atom is 0.0327 e. The second-order valence-corrected chi connectivity index (χ2v) is 7.89. The average Bonchev–Trinajstić information content (AvgIpc) is 2.63. The Kier molecular flexibility index (Phi) is 12.7. The van der Waals surface area contributed by atoms with Crippen molar-refractivity contribution in [2.45, 2.75) is 84.5 Å². The van der Waals surface area contributed by atoms with Crippen molar-refractivity contribution < 1.29 is 0 Å². The smallest absolute Gasteiger partial charge is 0.0327 e. The van der Waals surface area contributed by atoms with Gasteiger partial charge in [0.25, 0.3) is 0 Å². The van der Waals surface area contributed by atoms with Crippen molar-refractivity contribution in [2.24, 2.45) is 11.5 Å². The highest BCUT2D eigenvalue weighted by Crippen LogP contribution is 2.24. The summed E-state index contributed by atoms with van der Waals surface area (Å²) in [6.45, 7) is 10.9. The van der Waals surface area contributed by atoms with E-state index in [1.807, 2.05) is 6.92 Å². The zero-order valence-corrected chi connectivity index (χ0v) is 17.9. The number of nitrogens with two attached hydrogens (primary N) is 2. The van der Waals surface area contributed by atoms with Crippen LogP contribution in [0.3, 0.4) is 0 Å². The van der Waals surface area contributed by atoms with Crippen molar-refractivity contribution in [1.82, 2.24) is 4.90 Å². The Balaban J connectivity index is 2.60. The Bertz CT molecular complexity index is 514. The van der Waals surface area contributed by atoms with E-state index in [-0.39, 0.29) is 0 Å². The Morgan fingerprint density at radius 3 is 2.48 bits per heavy atom. The van der Waals surface area contributed by atoms with E-state index >= 15 is 0 Å². The van der Waals surface area contributed by atoms with Crippen LogP contribution in [0.1, 0.15) is 84.5 Å². The van der Waals surface area contributed by atoms with E-state index in [1.54, 1.807) is 0 Å². The molecule has 0 saturated carbocycles. The first-order chi connectivity index (χ1) is 13.1. The van der Waals surface area contributed by atoms with Gasteiger partial charge < -0.3 is 16.4 Å². The topological polar surface area (TPSA) is 55.3 Å². The van der Waals surface area contributed by atoms with Crippen molar-refractivity contribution in [1.29, 1.82) is 0 Å². The molecule has 154 valence electrons. The van der Waals surface area contributed by atoms with Crippen LogP contribution in [-0.4, -0.2) is 24.5 Å². The fourth-order valence-corrected chi connectivity index (χ4v) is 3.64. The number of allylic oxidation sites excluding steroid dienone is 6. The third-order valence-electron chi connectivity index (χ3n) is 5.23. The molecule has 0 atom stereocenters. The van der Waals surface area contributed by atoms with E-state index in [4.69, 9.17) is 11.5 Å². The quantitative estimate of drug-likeness (QED) is 0.317. The van der Waals surface area contributed by atoms with Crippen LogP contribution in [0.2, 0.25) is 0 Å². The second-order valence-electron chi connectivity index (χ2n) is 7.89. The van der Waals surface area contributed by atoms with Gasteiger partial charge in [-0.25, -0.2) is 0 Å². The second kappa shape index (κ2) is 14.6. The summed E-state index contributed by atoms with van der Waals surface area (Å²) in [4.78, 5) is 2.46. The number of hydrogen-bond acceptors (Lipinski definition) is 3. The molecule has 4 N–H and O–H groups in total. The SMILES string of the molecule is C=C(C)/C=C/C1=C/C/C(N)=C(/N(CCN)CCCCCCCCC)CCC1. The zero-order chi connectivity index (χ0) is 19.9. The maximum atomic E-state index is 6.49. The standard InChI is InChI=1S/C24H43N3/c1-4-5-6-7-8-9-10-19-27(20-18-25)24-13-11-12-22(15-14-21(2)3)16-17-23(24)26/h14-16H,2,4-13,17-20,25-26H2,1,3H3/b15-14+,22-16+,24-23-. The van der Waals surface area contributed by atoms with Crippen LogP contribution in [0.25, 0.3) is 0 Å². The van der Waals surface area contributed by atoms with Crippen LogP contribution in [0.15, 0.2) is 47.3 Å². The molecule has 27 heavy (non-hydrogen) atoms. The predicted octanol–water partition coefficient (Wildman–Crippen LogP) is 5.80. The van der Waals surface area contributed by atoms with E-state index in [9.17, 15) is 0 Å². The van der Waals surface area contributed by atoms with Gasteiger partial charge in [0.15, 0.2) is 0 Å². The summed E-state index contributed by atoms with van der Waals surface area (Å²) >= 11 is 0. The van der Waals surface area contributed by atoms with Crippen LogP contribution >= 0.6 is 0 Å². The van der Waals surface area contributed by atoms with Gasteiger partial charge in [0, 0.05) is 37.4 Å². The third kappa shape index (κ3) is 10.4. The lowest BCUT2D eigenvalue weighted by Gasteiger charge is -2.30. The molecule has 0 bridgehead atoms. The molecular weight excluding hydrogens is 330 g/mol. The van der Waals surface area contributed by atoms with Crippen LogP contribution in [0.5, 0.6) is 0 Å². The molecular formula is C24H43N3. The minimum atomic E-state index is 0.690. The average molecular weight is 374 g/mol. The first-order valence-electron chi connectivity index (χ1n) is 11.0. The summed E-state index contributed by atoms with van der Waals surface area (Å²) in [5.41, 5.74) is 17.2. The number of nitrogens with zero attached hydrogens (tertiary/aromatic N) is 1. The fraction of sp³-hybridized carbons (Fsp3) is 0.667. The predicted molar refractivity (Wildman–Crippen MR) is 120 cm³/mol. The van der Waals surface area contributed by atoms with Gasteiger partial charge in [-0.3, -0.25) is 0 Å². The Morgan fingerprint density at radius 1 is 1.11 bits per heavy atom. The minimum Gasteiger partial charge on any atom is -0.400 e. The fourth-order valence-electron chi connectivity index (χ4n) is 3.64. The van der Waals surface area contributed by atoms with Crippen LogP contribution in [0.4, 0.5) is 0 Å². The van der Waals surface area contributed by atoms with Crippen molar-refractivity contribution in [3.05, 3.63) is 47.3 Å². The molecule has 0 radical (unpaired) electrons.